The highest BCUT2D eigenvalue weighted by Gasteiger charge is 2.21. The van der Waals surface area contributed by atoms with Crippen molar-refractivity contribution < 1.29 is 4.42 Å². The molecule has 14 rings (SSSR count). The highest BCUT2D eigenvalue weighted by molar-refractivity contribution is 6.10. The average Bonchev–Trinajstić information content (AvgIpc) is 3.98. The number of aromatic nitrogens is 6. The Bertz CT molecular complexity index is 4300. The molecule has 14 aromatic rings. The van der Waals surface area contributed by atoms with Crippen molar-refractivity contribution >= 4 is 65.6 Å². The molecule has 0 fully saturated rings. The van der Waals surface area contributed by atoms with Gasteiger partial charge in [0.2, 0.25) is 5.71 Å². The molecule has 70 heavy (non-hydrogen) atoms. The maximum atomic E-state index is 6.59. The van der Waals surface area contributed by atoms with Gasteiger partial charge in [-0.1, -0.05) is 170 Å². The smallest absolute Gasteiger partial charge is 0.229 e. The highest BCUT2D eigenvalue weighted by Crippen LogP contribution is 2.39. The lowest BCUT2D eigenvalue weighted by atomic mass is 10.00. The van der Waals surface area contributed by atoms with E-state index in [2.05, 4.69) is 180 Å². The Morgan fingerprint density at radius 2 is 0.914 bits per heavy atom. The number of pyridine rings is 1. The summed E-state index contributed by atoms with van der Waals surface area (Å²) in [7, 11) is 0. The topological polar surface area (TPSA) is 82.5 Å². The largest absolute Gasteiger partial charge is 0.434 e. The number of hydrogen-bond donors (Lipinski definition) is 0. The van der Waals surface area contributed by atoms with Crippen molar-refractivity contribution in [3.63, 3.8) is 0 Å². The summed E-state index contributed by atoms with van der Waals surface area (Å²) in [5.74, 6) is 1.28. The van der Waals surface area contributed by atoms with E-state index >= 15 is 0 Å². The number of furan rings is 1. The van der Waals surface area contributed by atoms with E-state index in [1.165, 1.54) is 21.5 Å². The van der Waals surface area contributed by atoms with Crippen LogP contribution in [-0.2, 0) is 0 Å². The van der Waals surface area contributed by atoms with Crippen LogP contribution in [-0.4, -0.2) is 29.5 Å². The molecule has 5 aromatic heterocycles. The summed E-state index contributed by atoms with van der Waals surface area (Å²) < 4.78 is 8.93. The maximum Gasteiger partial charge on any atom is 0.229 e. The molecule has 0 aliphatic heterocycles. The van der Waals surface area contributed by atoms with Crippen LogP contribution in [0.1, 0.15) is 0 Å². The first-order valence-electron chi connectivity index (χ1n) is 23.4. The van der Waals surface area contributed by atoms with E-state index in [1.54, 1.807) is 0 Å². The summed E-state index contributed by atoms with van der Waals surface area (Å²) in [4.78, 5) is 25.6. The number of hydrogen-bond acceptors (Lipinski definition) is 6. The SMILES string of the molecule is c1ccc(-c2nc(-c3ccc(-c4cnc5oc6c(-c7ccc8cc9ccccc9cc8c7)nc(-c7ccccc7)nc6c5c4)cc3)cc(-c3cccc(-n4c5ccccc5c5ccccc54)c3)n2)cc1. The second-order valence-corrected chi connectivity index (χ2v) is 17.7. The Morgan fingerprint density at radius 3 is 1.63 bits per heavy atom. The van der Waals surface area contributed by atoms with E-state index in [-0.39, 0.29) is 0 Å². The number of para-hydroxylation sites is 2. The molecule has 0 saturated carbocycles. The standard InChI is InChI=1S/C63H38N6O/c1-3-14-41(15-4-1)61-65-54(37-55(66-61)46-20-13-21-50(35-46)69-56-24-11-9-22-51(56)52-23-10-12-25-57(52)69)40-28-26-39(27-29-40)49-36-53-59-60(70-63(53)64-38-49)58(67-62(68-59)42-16-5-2-6-17-42)47-31-30-45-32-43-18-7-8-19-44(43)33-48(45)34-47/h1-38H. The molecule has 0 N–H and O–H groups in total. The Balaban J connectivity index is 0.858. The van der Waals surface area contributed by atoms with Crippen LogP contribution in [0.2, 0.25) is 0 Å². The first-order chi connectivity index (χ1) is 34.6. The number of rotatable bonds is 7. The van der Waals surface area contributed by atoms with Gasteiger partial charge in [-0.25, -0.2) is 24.9 Å². The first-order valence-corrected chi connectivity index (χ1v) is 23.4. The van der Waals surface area contributed by atoms with Gasteiger partial charge in [0.1, 0.15) is 11.2 Å². The van der Waals surface area contributed by atoms with Crippen molar-refractivity contribution in [3.05, 3.63) is 231 Å². The van der Waals surface area contributed by atoms with E-state index < -0.39 is 0 Å². The molecule has 0 spiro atoms. The predicted octanol–water partition coefficient (Wildman–Crippen LogP) is 16.0. The summed E-state index contributed by atoms with van der Waals surface area (Å²) >= 11 is 0. The minimum Gasteiger partial charge on any atom is -0.434 e. The Labute approximate surface area is 401 Å². The third-order valence-electron chi connectivity index (χ3n) is 13.4. The number of benzene rings is 9. The summed E-state index contributed by atoms with van der Waals surface area (Å²) in [6.45, 7) is 0. The molecule has 9 aromatic carbocycles. The predicted molar refractivity (Wildman–Crippen MR) is 285 cm³/mol. The minimum atomic E-state index is 0.507. The van der Waals surface area contributed by atoms with Crippen molar-refractivity contribution in [1.82, 2.24) is 29.5 Å². The van der Waals surface area contributed by atoms with Crippen molar-refractivity contribution in [1.29, 1.82) is 0 Å². The van der Waals surface area contributed by atoms with Crippen molar-refractivity contribution in [3.8, 4) is 73.4 Å². The van der Waals surface area contributed by atoms with Gasteiger partial charge in [-0.2, -0.15) is 0 Å². The van der Waals surface area contributed by atoms with Crippen LogP contribution in [0, 0.1) is 0 Å². The average molecular weight is 895 g/mol. The molecule has 5 heterocycles. The van der Waals surface area contributed by atoms with Gasteiger partial charge in [-0.05, 0) is 81.7 Å². The zero-order chi connectivity index (χ0) is 46.1. The molecule has 0 radical (unpaired) electrons. The van der Waals surface area contributed by atoms with Gasteiger partial charge in [0.25, 0.3) is 0 Å². The molecule has 7 heteroatoms. The second kappa shape index (κ2) is 16.0. The van der Waals surface area contributed by atoms with Gasteiger partial charge in [-0.15, -0.1) is 0 Å². The molecule has 0 saturated heterocycles. The highest BCUT2D eigenvalue weighted by atomic mass is 16.3. The molecule has 0 amide bonds. The maximum absolute atomic E-state index is 6.59. The lowest BCUT2D eigenvalue weighted by Crippen LogP contribution is -1.98. The zero-order valence-corrected chi connectivity index (χ0v) is 37.5. The van der Waals surface area contributed by atoms with Gasteiger partial charge >= 0.3 is 0 Å². The molecular weight excluding hydrogens is 857 g/mol. The van der Waals surface area contributed by atoms with E-state index in [1.807, 2.05) is 54.7 Å². The molecule has 0 aliphatic carbocycles. The van der Waals surface area contributed by atoms with E-state index in [0.717, 1.165) is 88.9 Å². The van der Waals surface area contributed by atoms with Crippen LogP contribution >= 0.6 is 0 Å². The third-order valence-corrected chi connectivity index (χ3v) is 13.4. The van der Waals surface area contributed by atoms with Crippen LogP contribution in [0.25, 0.3) is 139 Å². The van der Waals surface area contributed by atoms with Crippen LogP contribution in [0.15, 0.2) is 235 Å². The van der Waals surface area contributed by atoms with E-state index in [4.69, 9.17) is 29.3 Å². The van der Waals surface area contributed by atoms with Crippen LogP contribution < -0.4 is 0 Å². The molecule has 0 atom stereocenters. The zero-order valence-electron chi connectivity index (χ0n) is 37.5. The van der Waals surface area contributed by atoms with Gasteiger partial charge in [0.05, 0.1) is 27.8 Å². The normalized spacial score (nSPS) is 11.7. The quantitative estimate of drug-likeness (QED) is 0.148. The Hall–Kier alpha value is -9.59. The van der Waals surface area contributed by atoms with Gasteiger partial charge in [0, 0.05) is 56.0 Å². The fourth-order valence-corrected chi connectivity index (χ4v) is 9.98. The van der Waals surface area contributed by atoms with Crippen molar-refractivity contribution in [2.45, 2.75) is 0 Å². The lowest BCUT2D eigenvalue weighted by Gasteiger charge is -2.12. The Kier molecular flexibility index (Phi) is 9.07. The van der Waals surface area contributed by atoms with Crippen LogP contribution in [0.5, 0.6) is 0 Å². The van der Waals surface area contributed by atoms with E-state index in [0.29, 0.717) is 28.5 Å². The molecule has 0 bridgehead atoms. The molecule has 7 nitrogen and oxygen atoms in total. The first kappa shape index (κ1) is 39.6. The van der Waals surface area contributed by atoms with Crippen molar-refractivity contribution in [2.24, 2.45) is 0 Å². The lowest BCUT2D eigenvalue weighted by molar-refractivity contribution is 0.653. The van der Waals surface area contributed by atoms with Crippen LogP contribution in [0.3, 0.4) is 0 Å². The van der Waals surface area contributed by atoms with Crippen LogP contribution in [0.4, 0.5) is 0 Å². The molecule has 326 valence electrons. The molecular formula is C63H38N6O. The van der Waals surface area contributed by atoms with Gasteiger partial charge in [0.15, 0.2) is 17.2 Å². The summed E-state index contributed by atoms with van der Waals surface area (Å²) in [6.07, 6.45) is 1.87. The number of fused-ring (bicyclic) bond motifs is 8. The number of nitrogens with zero attached hydrogens (tertiary/aromatic N) is 6. The summed E-state index contributed by atoms with van der Waals surface area (Å²) in [5, 5.41) is 7.96. The summed E-state index contributed by atoms with van der Waals surface area (Å²) in [6, 6.07) is 78.2. The second-order valence-electron chi connectivity index (χ2n) is 17.7. The molecule has 0 unspecified atom stereocenters. The van der Waals surface area contributed by atoms with Crippen molar-refractivity contribution in [2.75, 3.05) is 0 Å². The van der Waals surface area contributed by atoms with Gasteiger partial charge in [-0.3, -0.25) is 0 Å². The fourth-order valence-electron chi connectivity index (χ4n) is 9.98. The molecule has 0 aliphatic rings. The van der Waals surface area contributed by atoms with E-state index in [9.17, 15) is 0 Å². The third kappa shape index (κ3) is 6.71. The fraction of sp³-hybridized carbons (Fsp3) is 0. The Morgan fingerprint density at radius 1 is 0.343 bits per heavy atom. The monoisotopic (exact) mass is 894 g/mol. The minimum absolute atomic E-state index is 0.507. The summed E-state index contributed by atoms with van der Waals surface area (Å²) in [5.41, 5.74) is 14.3. The van der Waals surface area contributed by atoms with Gasteiger partial charge < -0.3 is 8.98 Å².